The van der Waals surface area contributed by atoms with E-state index in [2.05, 4.69) is 9.72 Å². The van der Waals surface area contributed by atoms with Gasteiger partial charge in [0, 0.05) is 13.2 Å². The van der Waals surface area contributed by atoms with Crippen LogP contribution in [0.1, 0.15) is 21.1 Å². The molecule has 0 spiro atoms. The lowest BCUT2D eigenvalue weighted by molar-refractivity contribution is 0.0594. The van der Waals surface area contributed by atoms with Gasteiger partial charge in [-0.25, -0.2) is 9.78 Å². The van der Waals surface area contributed by atoms with Crippen LogP contribution in [0.15, 0.2) is 6.20 Å². The summed E-state index contributed by atoms with van der Waals surface area (Å²) in [7, 11) is 2.89. The van der Waals surface area contributed by atoms with Gasteiger partial charge >= 0.3 is 5.97 Å². The summed E-state index contributed by atoms with van der Waals surface area (Å²) < 4.78 is 5.88. The van der Waals surface area contributed by atoms with E-state index in [0.29, 0.717) is 6.29 Å². The van der Waals surface area contributed by atoms with E-state index in [-0.39, 0.29) is 11.5 Å². The van der Waals surface area contributed by atoms with Gasteiger partial charge in [-0.1, -0.05) is 0 Å². The third-order valence-corrected chi connectivity index (χ3v) is 1.41. The number of aromatic nitrogens is 2. The highest BCUT2D eigenvalue weighted by Gasteiger charge is 2.11. The Bertz CT molecular complexity index is 316. The van der Waals surface area contributed by atoms with Crippen molar-refractivity contribution in [1.82, 2.24) is 9.55 Å². The summed E-state index contributed by atoms with van der Waals surface area (Å²) >= 11 is 0. The second-order valence-corrected chi connectivity index (χ2v) is 2.20. The van der Waals surface area contributed by atoms with Crippen molar-refractivity contribution in [2.75, 3.05) is 7.11 Å². The molecular weight excluding hydrogens is 160 g/mol. The van der Waals surface area contributed by atoms with Crippen LogP contribution < -0.4 is 0 Å². The fraction of sp³-hybridized carbons (Fsp3) is 0.286. The predicted octanol–water partition coefficient (Wildman–Crippen LogP) is 0.0192. The molecule has 0 N–H and O–H groups in total. The van der Waals surface area contributed by atoms with Gasteiger partial charge in [-0.2, -0.15) is 0 Å². The lowest BCUT2D eigenvalue weighted by Gasteiger charge is -1.89. The van der Waals surface area contributed by atoms with Gasteiger partial charge in [-0.15, -0.1) is 0 Å². The Morgan fingerprint density at radius 2 is 2.42 bits per heavy atom. The number of hydrogen-bond donors (Lipinski definition) is 0. The third-order valence-electron chi connectivity index (χ3n) is 1.41. The monoisotopic (exact) mass is 168 g/mol. The van der Waals surface area contributed by atoms with Crippen LogP contribution >= 0.6 is 0 Å². The van der Waals surface area contributed by atoms with E-state index in [9.17, 15) is 9.59 Å². The van der Waals surface area contributed by atoms with E-state index in [0.717, 1.165) is 0 Å². The average Bonchev–Trinajstić information content (AvgIpc) is 2.45. The fourth-order valence-corrected chi connectivity index (χ4v) is 0.793. The molecule has 0 bridgehead atoms. The standard InChI is InChI=1S/C7H8N2O3/c1-9-3-5(7(11)12-2)8-6(9)4-10/h3-4H,1-2H3. The van der Waals surface area contributed by atoms with Gasteiger partial charge in [0.15, 0.2) is 17.8 Å². The first-order valence-corrected chi connectivity index (χ1v) is 3.26. The van der Waals surface area contributed by atoms with Crippen molar-refractivity contribution in [3.05, 3.63) is 17.7 Å². The molecule has 0 aliphatic rings. The zero-order valence-corrected chi connectivity index (χ0v) is 6.77. The van der Waals surface area contributed by atoms with Crippen LogP contribution in [0, 0.1) is 0 Å². The maximum atomic E-state index is 10.9. The number of aldehydes is 1. The van der Waals surface area contributed by atoms with Crippen LogP contribution in [-0.4, -0.2) is 28.9 Å². The number of imidazole rings is 1. The molecule has 0 amide bonds. The van der Waals surface area contributed by atoms with Crippen molar-refractivity contribution in [1.29, 1.82) is 0 Å². The van der Waals surface area contributed by atoms with Crippen molar-refractivity contribution >= 4 is 12.3 Å². The first-order valence-electron chi connectivity index (χ1n) is 3.26. The smallest absolute Gasteiger partial charge is 0.358 e. The molecule has 1 heterocycles. The molecular formula is C7H8N2O3. The Balaban J connectivity index is 3.04. The van der Waals surface area contributed by atoms with E-state index in [1.807, 2.05) is 0 Å². The zero-order valence-electron chi connectivity index (χ0n) is 6.77. The zero-order chi connectivity index (χ0) is 9.14. The molecule has 0 aliphatic heterocycles. The summed E-state index contributed by atoms with van der Waals surface area (Å²) in [4.78, 5) is 24.9. The van der Waals surface area contributed by atoms with Crippen molar-refractivity contribution in [3.63, 3.8) is 0 Å². The van der Waals surface area contributed by atoms with Crippen LogP contribution in [0.3, 0.4) is 0 Å². The van der Waals surface area contributed by atoms with Crippen LogP contribution in [0.4, 0.5) is 0 Å². The Morgan fingerprint density at radius 1 is 1.75 bits per heavy atom. The molecule has 0 radical (unpaired) electrons. The molecule has 0 atom stereocenters. The number of carbonyl (C=O) groups is 2. The molecule has 5 heteroatoms. The minimum atomic E-state index is -0.543. The molecule has 0 unspecified atom stereocenters. The molecule has 0 saturated heterocycles. The first-order chi connectivity index (χ1) is 5.69. The van der Waals surface area contributed by atoms with E-state index in [1.165, 1.54) is 17.9 Å². The lowest BCUT2D eigenvalue weighted by Crippen LogP contribution is -2.01. The molecule has 0 aliphatic carbocycles. The minimum absolute atomic E-state index is 0.141. The highest BCUT2D eigenvalue weighted by Crippen LogP contribution is 2.00. The summed E-state index contributed by atoms with van der Waals surface area (Å²) in [6.45, 7) is 0. The molecule has 0 fully saturated rings. The largest absolute Gasteiger partial charge is 0.464 e. The van der Waals surface area contributed by atoms with Gasteiger partial charge in [0.2, 0.25) is 0 Å². The fourth-order valence-electron chi connectivity index (χ4n) is 0.793. The van der Waals surface area contributed by atoms with Gasteiger partial charge < -0.3 is 9.30 Å². The highest BCUT2D eigenvalue weighted by atomic mass is 16.5. The van der Waals surface area contributed by atoms with Crippen LogP contribution in [0.25, 0.3) is 0 Å². The summed E-state index contributed by atoms with van der Waals surface area (Å²) in [6.07, 6.45) is 2.02. The molecule has 0 saturated carbocycles. The number of esters is 1. The van der Waals surface area contributed by atoms with Crippen molar-refractivity contribution in [2.45, 2.75) is 0 Å². The van der Waals surface area contributed by atoms with Gasteiger partial charge in [-0.3, -0.25) is 4.79 Å². The second-order valence-electron chi connectivity index (χ2n) is 2.20. The summed E-state index contributed by atoms with van der Waals surface area (Å²) in [6, 6.07) is 0. The van der Waals surface area contributed by atoms with Crippen LogP contribution in [0.5, 0.6) is 0 Å². The van der Waals surface area contributed by atoms with E-state index in [4.69, 9.17) is 0 Å². The molecule has 12 heavy (non-hydrogen) atoms. The Morgan fingerprint density at radius 3 is 2.83 bits per heavy atom. The highest BCUT2D eigenvalue weighted by molar-refractivity contribution is 5.88. The first kappa shape index (κ1) is 8.45. The van der Waals surface area contributed by atoms with Gasteiger partial charge in [0.1, 0.15) is 0 Å². The van der Waals surface area contributed by atoms with E-state index in [1.54, 1.807) is 7.05 Å². The molecule has 1 aromatic rings. The van der Waals surface area contributed by atoms with Gasteiger partial charge in [-0.05, 0) is 0 Å². The van der Waals surface area contributed by atoms with Crippen LogP contribution in [-0.2, 0) is 11.8 Å². The number of hydrogen-bond acceptors (Lipinski definition) is 4. The number of aryl methyl sites for hydroxylation is 1. The lowest BCUT2D eigenvalue weighted by atomic mass is 10.5. The number of methoxy groups -OCH3 is 1. The SMILES string of the molecule is COC(=O)c1cn(C)c(C=O)n1. The topological polar surface area (TPSA) is 61.2 Å². The normalized spacial score (nSPS) is 9.50. The van der Waals surface area contributed by atoms with Gasteiger partial charge in [0.25, 0.3) is 0 Å². The van der Waals surface area contributed by atoms with Gasteiger partial charge in [0.05, 0.1) is 7.11 Å². The number of ether oxygens (including phenoxy) is 1. The molecule has 1 aromatic heterocycles. The quantitative estimate of drug-likeness (QED) is 0.461. The molecule has 0 aromatic carbocycles. The summed E-state index contributed by atoms with van der Waals surface area (Å²) in [5.41, 5.74) is 0.141. The number of rotatable bonds is 2. The van der Waals surface area contributed by atoms with Crippen molar-refractivity contribution in [3.8, 4) is 0 Å². The average molecular weight is 168 g/mol. The van der Waals surface area contributed by atoms with E-state index >= 15 is 0 Å². The Kier molecular flexibility index (Phi) is 2.23. The van der Waals surface area contributed by atoms with Crippen molar-refractivity contribution in [2.24, 2.45) is 7.05 Å². The predicted molar refractivity (Wildman–Crippen MR) is 39.9 cm³/mol. The maximum Gasteiger partial charge on any atom is 0.358 e. The minimum Gasteiger partial charge on any atom is -0.464 e. The summed E-state index contributed by atoms with van der Waals surface area (Å²) in [5, 5.41) is 0. The number of nitrogens with zero attached hydrogens (tertiary/aromatic N) is 2. The van der Waals surface area contributed by atoms with Crippen LogP contribution in [0.2, 0.25) is 0 Å². The molecule has 64 valence electrons. The summed E-state index contributed by atoms with van der Waals surface area (Å²) in [5.74, 6) is -0.339. The second kappa shape index (κ2) is 3.17. The Hall–Kier alpha value is -1.65. The molecule has 5 nitrogen and oxygen atoms in total. The maximum absolute atomic E-state index is 10.9. The molecule has 1 rings (SSSR count). The third kappa shape index (κ3) is 1.34. The Labute approximate surface area is 69.0 Å². The number of carbonyl (C=O) groups excluding carboxylic acids is 2. The van der Waals surface area contributed by atoms with Crippen molar-refractivity contribution < 1.29 is 14.3 Å². The van der Waals surface area contributed by atoms with E-state index < -0.39 is 5.97 Å².